The number of carbonyl (C=O) groups excluding carboxylic acids is 2. The summed E-state index contributed by atoms with van der Waals surface area (Å²) in [6.45, 7) is 0. The first-order chi connectivity index (χ1) is 15.8. The van der Waals surface area contributed by atoms with Gasteiger partial charge in [-0.15, -0.1) is 0 Å². The van der Waals surface area contributed by atoms with Crippen molar-refractivity contribution in [2.75, 3.05) is 4.90 Å². The molecule has 3 N–H and O–H groups in total. The number of benzene rings is 2. The van der Waals surface area contributed by atoms with Gasteiger partial charge in [0.05, 0.1) is 28.8 Å². The topological polar surface area (TPSA) is 135 Å². The normalized spacial score (nSPS) is 19.7. The molecule has 0 aliphatic carbocycles. The second kappa shape index (κ2) is 6.74. The first-order valence-electron chi connectivity index (χ1n) is 10.1. The van der Waals surface area contributed by atoms with Crippen LogP contribution < -0.4 is 15.4 Å². The molecule has 1 atom stereocenters. The molecule has 0 saturated heterocycles. The number of furan rings is 1. The summed E-state index contributed by atoms with van der Waals surface area (Å²) in [5.74, 6) is -1.14. The van der Waals surface area contributed by atoms with Gasteiger partial charge in [0.1, 0.15) is 5.58 Å². The highest BCUT2D eigenvalue weighted by atomic mass is 32.2. The second-order valence-electron chi connectivity index (χ2n) is 7.92. The highest BCUT2D eigenvalue weighted by molar-refractivity contribution is 7.89. The summed E-state index contributed by atoms with van der Waals surface area (Å²) in [4.78, 5) is 32.0. The average molecular weight is 460 g/mol. The van der Waals surface area contributed by atoms with Gasteiger partial charge in [0.15, 0.2) is 5.37 Å². The van der Waals surface area contributed by atoms with Crippen LogP contribution in [-0.4, -0.2) is 31.3 Å². The zero-order chi connectivity index (χ0) is 22.9. The molecule has 1 aromatic heterocycles. The lowest BCUT2D eigenvalue weighted by Crippen LogP contribution is -2.39. The van der Waals surface area contributed by atoms with Crippen molar-refractivity contribution in [1.29, 1.82) is 0 Å². The Morgan fingerprint density at radius 1 is 1.03 bits per heavy atom. The predicted octanol–water partition coefficient (Wildman–Crippen LogP) is 1.79. The molecule has 0 saturated carbocycles. The van der Waals surface area contributed by atoms with Gasteiger partial charge in [-0.05, 0) is 11.6 Å². The number of para-hydroxylation sites is 2. The minimum absolute atomic E-state index is 0.0999. The summed E-state index contributed by atoms with van der Waals surface area (Å²) in [6.07, 6.45) is 4.66. The highest BCUT2D eigenvalue weighted by Gasteiger charge is 2.42. The molecule has 10 heteroatoms. The van der Waals surface area contributed by atoms with Crippen molar-refractivity contribution < 1.29 is 22.4 Å². The number of aliphatic imine (C=N–C) groups is 1. The van der Waals surface area contributed by atoms with Crippen LogP contribution >= 0.6 is 0 Å². The van der Waals surface area contributed by atoms with E-state index in [-0.39, 0.29) is 23.3 Å². The van der Waals surface area contributed by atoms with Crippen molar-refractivity contribution in [2.24, 2.45) is 10.1 Å². The van der Waals surface area contributed by atoms with E-state index in [0.29, 0.717) is 22.4 Å². The molecule has 2 amide bonds. The van der Waals surface area contributed by atoms with Gasteiger partial charge in [-0.3, -0.25) is 19.9 Å². The minimum Gasteiger partial charge on any atom is -0.464 e. The number of nitrogens with two attached hydrogens (primary N) is 1. The zero-order valence-corrected chi connectivity index (χ0v) is 17.8. The van der Waals surface area contributed by atoms with Gasteiger partial charge in [0, 0.05) is 35.3 Å². The molecule has 6 rings (SSSR count). The number of hydrogen-bond acceptors (Lipinski definition) is 7. The van der Waals surface area contributed by atoms with Crippen molar-refractivity contribution in [3.05, 3.63) is 83.4 Å². The Morgan fingerprint density at radius 2 is 1.79 bits per heavy atom. The molecular formula is C23H16N4O5S. The van der Waals surface area contributed by atoms with Crippen molar-refractivity contribution in [1.82, 2.24) is 5.32 Å². The summed E-state index contributed by atoms with van der Waals surface area (Å²) < 4.78 is 30.1. The van der Waals surface area contributed by atoms with Crippen LogP contribution in [0.5, 0.6) is 0 Å². The first-order valence-corrected chi connectivity index (χ1v) is 11.7. The number of hydrogen-bond donors (Lipinski definition) is 2. The van der Waals surface area contributed by atoms with Gasteiger partial charge in [-0.1, -0.05) is 36.4 Å². The SMILES string of the molecule is NS(=O)(=O)C1Cc2cccc3c2N1C=CN=C3C1=C(c2cccc3ccoc23)C(=O)NC1=O. The van der Waals surface area contributed by atoms with Crippen LogP contribution in [-0.2, 0) is 26.0 Å². The van der Waals surface area contributed by atoms with Gasteiger partial charge in [-0.25, -0.2) is 13.6 Å². The number of nitrogens with zero attached hydrogens (tertiary/aromatic N) is 2. The Balaban J connectivity index is 1.61. The van der Waals surface area contributed by atoms with Gasteiger partial charge >= 0.3 is 0 Å². The number of rotatable bonds is 3. The number of imide groups is 1. The van der Waals surface area contributed by atoms with Crippen molar-refractivity contribution >= 4 is 49.8 Å². The van der Waals surface area contributed by atoms with E-state index in [1.165, 1.54) is 18.7 Å². The monoisotopic (exact) mass is 460 g/mol. The predicted molar refractivity (Wildman–Crippen MR) is 121 cm³/mol. The summed E-state index contributed by atoms with van der Waals surface area (Å²) in [5, 5.41) is 7.65. The molecule has 3 aliphatic heterocycles. The zero-order valence-electron chi connectivity index (χ0n) is 17.0. The Bertz CT molecular complexity index is 1600. The molecule has 0 radical (unpaired) electrons. The lowest BCUT2D eigenvalue weighted by Gasteiger charge is -2.22. The van der Waals surface area contributed by atoms with E-state index in [1.54, 1.807) is 35.2 Å². The third kappa shape index (κ3) is 2.81. The van der Waals surface area contributed by atoms with Gasteiger partial charge < -0.3 is 9.32 Å². The number of sulfonamides is 1. The second-order valence-corrected chi connectivity index (χ2v) is 9.64. The Morgan fingerprint density at radius 3 is 2.61 bits per heavy atom. The summed E-state index contributed by atoms with van der Waals surface area (Å²) in [7, 11) is -3.89. The van der Waals surface area contributed by atoms with Crippen molar-refractivity contribution in [2.45, 2.75) is 11.8 Å². The molecule has 164 valence electrons. The van der Waals surface area contributed by atoms with E-state index in [9.17, 15) is 18.0 Å². The fourth-order valence-electron chi connectivity index (χ4n) is 4.70. The highest BCUT2D eigenvalue weighted by Crippen LogP contribution is 2.41. The van der Waals surface area contributed by atoms with E-state index >= 15 is 0 Å². The van der Waals surface area contributed by atoms with Crippen LogP contribution in [0.25, 0.3) is 16.5 Å². The molecule has 0 fully saturated rings. The van der Waals surface area contributed by atoms with Crippen LogP contribution in [0, 0.1) is 0 Å². The number of nitrogens with one attached hydrogen (secondary N) is 1. The summed E-state index contributed by atoms with van der Waals surface area (Å²) in [6, 6.07) is 12.4. The van der Waals surface area contributed by atoms with E-state index in [2.05, 4.69) is 10.3 Å². The maximum absolute atomic E-state index is 13.0. The maximum Gasteiger partial charge on any atom is 0.261 e. The van der Waals surface area contributed by atoms with Crippen LogP contribution in [0.2, 0.25) is 0 Å². The number of carbonyl (C=O) groups is 2. The molecule has 1 unspecified atom stereocenters. The number of fused-ring (bicyclic) bond motifs is 1. The number of primary sulfonamides is 1. The standard InChI is InChI=1S/C23H16N4O5S/c24-33(30,31)16-11-13-4-2-6-15-19(25-8-9-27(16)20(13)15)18-17(22(28)26-23(18)29)14-5-1-3-12-7-10-32-21(12)14/h1-10,16H,11H2,(H2,24,30,31)(H,26,28,29). The largest absolute Gasteiger partial charge is 0.464 e. The van der Waals surface area contributed by atoms with E-state index in [0.717, 1.165) is 10.9 Å². The van der Waals surface area contributed by atoms with Gasteiger partial charge in [-0.2, -0.15) is 0 Å². The molecule has 0 spiro atoms. The van der Waals surface area contributed by atoms with Crippen molar-refractivity contribution in [3.63, 3.8) is 0 Å². The average Bonchev–Trinajstić information content (AvgIpc) is 3.43. The van der Waals surface area contributed by atoms with Crippen LogP contribution in [0.4, 0.5) is 5.69 Å². The van der Waals surface area contributed by atoms with Gasteiger partial charge in [0.25, 0.3) is 11.8 Å². The molecule has 2 aromatic carbocycles. The molecule has 3 aliphatic rings. The summed E-state index contributed by atoms with van der Waals surface area (Å²) >= 11 is 0. The fourth-order valence-corrected chi connectivity index (χ4v) is 5.61. The van der Waals surface area contributed by atoms with Crippen LogP contribution in [0.3, 0.4) is 0 Å². The molecule has 33 heavy (non-hydrogen) atoms. The molecule has 0 bridgehead atoms. The quantitative estimate of drug-likeness (QED) is 0.572. The van der Waals surface area contributed by atoms with E-state index < -0.39 is 27.2 Å². The van der Waals surface area contributed by atoms with Crippen LogP contribution in [0.1, 0.15) is 16.7 Å². The number of amides is 2. The molecule has 4 heterocycles. The lowest BCUT2D eigenvalue weighted by molar-refractivity contribution is -0.123. The third-order valence-electron chi connectivity index (χ3n) is 6.06. The van der Waals surface area contributed by atoms with Gasteiger partial charge in [0.2, 0.25) is 10.0 Å². The smallest absolute Gasteiger partial charge is 0.261 e. The summed E-state index contributed by atoms with van der Waals surface area (Å²) in [5.41, 5.74) is 3.36. The molecular weight excluding hydrogens is 444 g/mol. The lowest BCUT2D eigenvalue weighted by atomic mass is 9.92. The Labute approximate surface area is 187 Å². The van der Waals surface area contributed by atoms with Crippen molar-refractivity contribution in [3.8, 4) is 0 Å². The minimum atomic E-state index is -3.89. The molecule has 9 nitrogen and oxygen atoms in total. The first kappa shape index (κ1) is 19.6. The Hall–Kier alpha value is -4.02. The van der Waals surface area contributed by atoms with Crippen LogP contribution in [0.15, 0.2) is 76.1 Å². The number of anilines is 1. The van der Waals surface area contributed by atoms with E-state index in [1.807, 2.05) is 12.1 Å². The van der Waals surface area contributed by atoms with E-state index in [4.69, 9.17) is 9.56 Å². The third-order valence-corrected chi connectivity index (χ3v) is 7.22. The maximum atomic E-state index is 13.0. The fraction of sp³-hybridized carbons (Fsp3) is 0.0870. The molecule has 3 aromatic rings. The Kier molecular flexibility index (Phi) is 4.01.